The summed E-state index contributed by atoms with van der Waals surface area (Å²) in [5.41, 5.74) is 0.794. The lowest BCUT2D eigenvalue weighted by Crippen LogP contribution is -2.43. The second-order valence-electron chi connectivity index (χ2n) is 5.33. The number of urea groups is 1. The minimum Gasteiger partial charge on any atom is -0.496 e. The van der Waals surface area contributed by atoms with Gasteiger partial charge in [0.2, 0.25) is 0 Å². The first-order valence-corrected chi connectivity index (χ1v) is 7.29. The third-order valence-electron chi connectivity index (χ3n) is 4.04. The summed E-state index contributed by atoms with van der Waals surface area (Å²) in [6, 6.07) is 5.29. The fourth-order valence-electron chi connectivity index (χ4n) is 2.84. The summed E-state index contributed by atoms with van der Waals surface area (Å²) < 4.78 is 5.25. The van der Waals surface area contributed by atoms with E-state index in [1.165, 1.54) is 4.90 Å². The number of imide groups is 1. The molecule has 1 heterocycles. The molecule has 1 aromatic rings. The smallest absolute Gasteiger partial charge is 0.325 e. The van der Waals surface area contributed by atoms with Crippen molar-refractivity contribution in [2.75, 3.05) is 13.7 Å². The van der Waals surface area contributed by atoms with Crippen LogP contribution >= 0.6 is 0 Å². The van der Waals surface area contributed by atoms with Crippen LogP contribution in [0.4, 0.5) is 4.79 Å². The Bertz CT molecular complexity index is 571. The van der Waals surface area contributed by atoms with Crippen LogP contribution in [0.25, 0.3) is 0 Å². The zero-order valence-corrected chi connectivity index (χ0v) is 13.0. The molecule has 1 aliphatic rings. The lowest BCUT2D eigenvalue weighted by Gasteiger charge is -2.26. The van der Waals surface area contributed by atoms with E-state index in [-0.39, 0.29) is 11.9 Å². The van der Waals surface area contributed by atoms with Gasteiger partial charge in [0, 0.05) is 6.54 Å². The molecule has 0 aromatic heterocycles. The van der Waals surface area contributed by atoms with E-state index in [0.717, 1.165) is 23.3 Å². The van der Waals surface area contributed by atoms with Crippen molar-refractivity contribution in [3.05, 3.63) is 29.3 Å². The first-order chi connectivity index (χ1) is 10.00. The number of nitrogens with one attached hydrogen (secondary N) is 1. The molecule has 1 N–H and O–H groups in total. The van der Waals surface area contributed by atoms with E-state index in [1.807, 2.05) is 39.0 Å². The average Bonchev–Trinajstić information content (AvgIpc) is 2.72. The molecule has 0 radical (unpaired) electrons. The van der Waals surface area contributed by atoms with Gasteiger partial charge in [0.05, 0.1) is 7.11 Å². The van der Waals surface area contributed by atoms with Gasteiger partial charge in [0.25, 0.3) is 5.91 Å². The Morgan fingerprint density at radius 1 is 1.29 bits per heavy atom. The van der Waals surface area contributed by atoms with Gasteiger partial charge in [0.15, 0.2) is 0 Å². The normalized spacial score (nSPS) is 21.6. The number of amides is 3. The Labute approximate surface area is 125 Å². The maximum atomic E-state index is 12.7. The van der Waals surface area contributed by atoms with Crippen molar-refractivity contribution < 1.29 is 14.3 Å². The number of carbonyl (C=O) groups is 2. The van der Waals surface area contributed by atoms with Gasteiger partial charge < -0.3 is 10.1 Å². The minimum absolute atomic E-state index is 0.165. The maximum Gasteiger partial charge on any atom is 0.325 e. The van der Waals surface area contributed by atoms with Crippen molar-refractivity contribution in [1.29, 1.82) is 0 Å². The predicted molar refractivity (Wildman–Crippen MR) is 80.2 cm³/mol. The lowest BCUT2D eigenvalue weighted by molar-refractivity contribution is -0.131. The van der Waals surface area contributed by atoms with Gasteiger partial charge in [-0.1, -0.05) is 19.9 Å². The highest BCUT2D eigenvalue weighted by Gasteiger charge is 2.50. The van der Waals surface area contributed by atoms with E-state index in [9.17, 15) is 9.59 Å². The quantitative estimate of drug-likeness (QED) is 0.848. The van der Waals surface area contributed by atoms with Crippen LogP contribution in [-0.2, 0) is 10.3 Å². The fourth-order valence-corrected chi connectivity index (χ4v) is 2.84. The number of nitrogens with zero attached hydrogens (tertiary/aromatic N) is 1. The minimum atomic E-state index is -0.955. The monoisotopic (exact) mass is 290 g/mol. The standard InChI is InChI=1S/C16H22N2O3/c1-5-9-18-14(19)16(6-2,17-15(18)20)12-7-8-13(21-4)11(3)10-12/h7-8,10H,5-6,9H2,1-4H3,(H,17,20). The summed E-state index contributed by atoms with van der Waals surface area (Å²) in [4.78, 5) is 26.1. The zero-order chi connectivity index (χ0) is 15.6. The molecule has 1 aliphatic heterocycles. The van der Waals surface area contributed by atoms with Crippen LogP contribution in [0.15, 0.2) is 18.2 Å². The van der Waals surface area contributed by atoms with Crippen molar-refractivity contribution in [3.63, 3.8) is 0 Å². The van der Waals surface area contributed by atoms with Crippen LogP contribution in [0.3, 0.4) is 0 Å². The van der Waals surface area contributed by atoms with Gasteiger partial charge in [-0.05, 0) is 43.0 Å². The van der Waals surface area contributed by atoms with E-state index in [2.05, 4.69) is 5.32 Å². The first-order valence-electron chi connectivity index (χ1n) is 7.29. The number of rotatable bonds is 5. The van der Waals surface area contributed by atoms with Crippen LogP contribution in [-0.4, -0.2) is 30.5 Å². The lowest BCUT2D eigenvalue weighted by atomic mass is 9.86. The third-order valence-corrected chi connectivity index (χ3v) is 4.04. The summed E-state index contributed by atoms with van der Waals surface area (Å²) in [5, 5.41) is 2.88. The number of methoxy groups -OCH3 is 1. The molecule has 0 aliphatic carbocycles. The molecule has 0 bridgehead atoms. The Morgan fingerprint density at radius 3 is 2.52 bits per heavy atom. The number of ether oxygens (including phenoxy) is 1. The van der Waals surface area contributed by atoms with Gasteiger partial charge in [-0.15, -0.1) is 0 Å². The highest BCUT2D eigenvalue weighted by atomic mass is 16.5. The second-order valence-corrected chi connectivity index (χ2v) is 5.33. The van der Waals surface area contributed by atoms with Gasteiger partial charge >= 0.3 is 6.03 Å². The van der Waals surface area contributed by atoms with Crippen molar-refractivity contribution in [3.8, 4) is 5.75 Å². The third kappa shape index (κ3) is 2.37. The van der Waals surface area contributed by atoms with Crippen molar-refractivity contribution in [2.45, 2.75) is 39.2 Å². The number of hydrogen-bond donors (Lipinski definition) is 1. The van der Waals surface area contributed by atoms with E-state index in [1.54, 1.807) is 7.11 Å². The summed E-state index contributed by atoms with van der Waals surface area (Å²) >= 11 is 0. The molecule has 1 fully saturated rings. The van der Waals surface area contributed by atoms with Crippen LogP contribution in [0.1, 0.15) is 37.8 Å². The zero-order valence-electron chi connectivity index (χ0n) is 13.0. The number of carbonyl (C=O) groups excluding carboxylic acids is 2. The molecule has 1 saturated heterocycles. The number of benzene rings is 1. The molecule has 5 nitrogen and oxygen atoms in total. The SMILES string of the molecule is CCCN1C(=O)NC(CC)(c2ccc(OC)c(C)c2)C1=O. The van der Waals surface area contributed by atoms with Crippen LogP contribution in [0, 0.1) is 6.92 Å². The maximum absolute atomic E-state index is 12.7. The molecule has 1 atom stereocenters. The Kier molecular flexibility index (Phi) is 4.21. The summed E-state index contributed by atoms with van der Waals surface area (Å²) in [6.45, 7) is 6.23. The van der Waals surface area contributed by atoms with Crippen molar-refractivity contribution in [1.82, 2.24) is 10.2 Å². The van der Waals surface area contributed by atoms with Crippen molar-refractivity contribution in [2.24, 2.45) is 0 Å². The van der Waals surface area contributed by atoms with E-state index < -0.39 is 5.54 Å². The molecule has 0 saturated carbocycles. The Balaban J connectivity index is 2.45. The molecular weight excluding hydrogens is 268 g/mol. The summed E-state index contributed by atoms with van der Waals surface area (Å²) in [6.07, 6.45) is 1.27. The summed E-state index contributed by atoms with van der Waals surface area (Å²) in [7, 11) is 1.61. The van der Waals surface area contributed by atoms with Gasteiger partial charge in [-0.25, -0.2) is 4.79 Å². The summed E-state index contributed by atoms with van der Waals surface area (Å²) in [5.74, 6) is 0.605. The molecule has 5 heteroatoms. The molecule has 1 aromatic carbocycles. The molecular formula is C16H22N2O3. The molecule has 3 amide bonds. The van der Waals surface area contributed by atoms with Crippen LogP contribution in [0.2, 0.25) is 0 Å². The Hall–Kier alpha value is -2.04. The fraction of sp³-hybridized carbons (Fsp3) is 0.500. The second kappa shape index (κ2) is 5.76. The highest BCUT2D eigenvalue weighted by Crippen LogP contribution is 2.34. The largest absolute Gasteiger partial charge is 0.496 e. The number of aryl methyl sites for hydroxylation is 1. The highest BCUT2D eigenvalue weighted by molar-refractivity contribution is 6.07. The van der Waals surface area contributed by atoms with Crippen LogP contribution < -0.4 is 10.1 Å². The topological polar surface area (TPSA) is 58.6 Å². The molecule has 2 rings (SSSR count). The average molecular weight is 290 g/mol. The van der Waals surface area contributed by atoms with Crippen molar-refractivity contribution >= 4 is 11.9 Å². The van der Waals surface area contributed by atoms with E-state index in [4.69, 9.17) is 4.74 Å². The number of hydrogen-bond acceptors (Lipinski definition) is 3. The molecule has 114 valence electrons. The molecule has 0 spiro atoms. The van der Waals surface area contributed by atoms with Gasteiger partial charge in [-0.2, -0.15) is 0 Å². The van der Waals surface area contributed by atoms with E-state index >= 15 is 0 Å². The molecule has 1 unspecified atom stereocenters. The van der Waals surface area contributed by atoms with E-state index in [0.29, 0.717) is 13.0 Å². The van der Waals surface area contributed by atoms with Gasteiger partial charge in [0.1, 0.15) is 11.3 Å². The van der Waals surface area contributed by atoms with Crippen LogP contribution in [0.5, 0.6) is 5.75 Å². The first kappa shape index (κ1) is 15.4. The molecule has 21 heavy (non-hydrogen) atoms. The predicted octanol–water partition coefficient (Wildman–Crippen LogP) is 2.57. The van der Waals surface area contributed by atoms with Gasteiger partial charge in [-0.3, -0.25) is 9.69 Å². The Morgan fingerprint density at radius 2 is 2.00 bits per heavy atom.